The van der Waals surface area contributed by atoms with Crippen LogP contribution >= 0.6 is 11.6 Å². The Hall–Kier alpha value is -0.530. The maximum absolute atomic E-state index is 6.02. The molecule has 20 heavy (non-hydrogen) atoms. The number of rotatable bonds is 4. The third-order valence-electron chi connectivity index (χ3n) is 5.15. The molecule has 0 aliphatic heterocycles. The molecule has 1 nitrogen and oxygen atoms in total. The van der Waals surface area contributed by atoms with E-state index in [0.717, 1.165) is 22.8 Å². The fraction of sp³-hybridized carbons (Fsp3) is 0.667. The molecule has 0 saturated heterocycles. The van der Waals surface area contributed by atoms with Crippen LogP contribution < -0.4 is 5.32 Å². The van der Waals surface area contributed by atoms with Gasteiger partial charge in [-0.1, -0.05) is 37.6 Å². The van der Waals surface area contributed by atoms with Crippen molar-refractivity contribution < 1.29 is 0 Å². The van der Waals surface area contributed by atoms with Crippen molar-refractivity contribution in [1.29, 1.82) is 0 Å². The third kappa shape index (κ3) is 3.38. The highest BCUT2D eigenvalue weighted by atomic mass is 35.5. The molecule has 0 spiro atoms. The van der Waals surface area contributed by atoms with E-state index in [1.165, 1.54) is 37.7 Å². The molecule has 0 heterocycles. The maximum Gasteiger partial charge on any atom is 0.0406 e. The number of halogens is 1. The van der Waals surface area contributed by atoms with Crippen LogP contribution in [0.25, 0.3) is 0 Å². The van der Waals surface area contributed by atoms with Gasteiger partial charge in [0.15, 0.2) is 0 Å². The summed E-state index contributed by atoms with van der Waals surface area (Å²) in [5.74, 6) is 2.54. The SMILES string of the molecule is CC1CCC(NC(c2ccc(Cl)cc2)C2CC2)C(C)C1. The quantitative estimate of drug-likeness (QED) is 0.803. The number of hydrogen-bond acceptors (Lipinski definition) is 1. The van der Waals surface area contributed by atoms with Gasteiger partial charge in [-0.05, 0) is 67.6 Å². The van der Waals surface area contributed by atoms with Crippen LogP contribution in [0, 0.1) is 17.8 Å². The lowest BCUT2D eigenvalue weighted by molar-refractivity contribution is 0.208. The molecule has 0 radical (unpaired) electrons. The summed E-state index contributed by atoms with van der Waals surface area (Å²) < 4.78 is 0. The smallest absolute Gasteiger partial charge is 0.0406 e. The van der Waals surface area contributed by atoms with Gasteiger partial charge in [-0.3, -0.25) is 0 Å². The molecule has 0 amide bonds. The molecule has 1 aromatic rings. The van der Waals surface area contributed by atoms with Gasteiger partial charge in [-0.25, -0.2) is 0 Å². The van der Waals surface area contributed by atoms with Crippen molar-refractivity contribution in [3.05, 3.63) is 34.9 Å². The van der Waals surface area contributed by atoms with Gasteiger partial charge in [-0.2, -0.15) is 0 Å². The predicted molar refractivity (Wildman–Crippen MR) is 86.0 cm³/mol. The molecular formula is C18H26ClN. The van der Waals surface area contributed by atoms with Gasteiger partial charge in [0.25, 0.3) is 0 Å². The van der Waals surface area contributed by atoms with Crippen molar-refractivity contribution in [1.82, 2.24) is 5.32 Å². The fourth-order valence-electron chi connectivity index (χ4n) is 3.75. The first-order chi connectivity index (χ1) is 9.63. The third-order valence-corrected chi connectivity index (χ3v) is 5.40. The normalized spacial score (nSPS) is 32.0. The van der Waals surface area contributed by atoms with Crippen LogP contribution in [0.3, 0.4) is 0 Å². The summed E-state index contributed by atoms with van der Waals surface area (Å²) in [5.41, 5.74) is 1.42. The minimum Gasteiger partial charge on any atom is -0.307 e. The standard InChI is InChI=1S/C18H26ClN/c1-12-3-10-17(13(2)11-12)20-18(14-4-5-14)15-6-8-16(19)9-7-15/h6-9,12-14,17-18,20H,3-5,10-11H2,1-2H3. The molecule has 2 aliphatic carbocycles. The topological polar surface area (TPSA) is 12.0 Å². The Labute approximate surface area is 128 Å². The Bertz CT molecular complexity index is 437. The Kier molecular flexibility index (Phi) is 4.37. The lowest BCUT2D eigenvalue weighted by atomic mass is 9.79. The lowest BCUT2D eigenvalue weighted by Gasteiger charge is -2.36. The van der Waals surface area contributed by atoms with Gasteiger partial charge in [0.1, 0.15) is 0 Å². The van der Waals surface area contributed by atoms with Crippen molar-refractivity contribution in [2.24, 2.45) is 17.8 Å². The van der Waals surface area contributed by atoms with Crippen LogP contribution in [0.5, 0.6) is 0 Å². The first-order valence-corrected chi connectivity index (χ1v) is 8.53. The summed E-state index contributed by atoms with van der Waals surface area (Å²) in [7, 11) is 0. The zero-order chi connectivity index (χ0) is 14.1. The van der Waals surface area contributed by atoms with Crippen LogP contribution in [0.1, 0.15) is 57.6 Å². The van der Waals surface area contributed by atoms with Crippen molar-refractivity contribution >= 4 is 11.6 Å². The van der Waals surface area contributed by atoms with Gasteiger partial charge < -0.3 is 5.32 Å². The molecule has 1 aromatic carbocycles. The van der Waals surface area contributed by atoms with Gasteiger partial charge in [0.2, 0.25) is 0 Å². The molecule has 4 unspecified atom stereocenters. The van der Waals surface area contributed by atoms with E-state index >= 15 is 0 Å². The molecule has 0 bridgehead atoms. The van der Waals surface area contributed by atoms with E-state index in [0.29, 0.717) is 12.1 Å². The van der Waals surface area contributed by atoms with E-state index in [4.69, 9.17) is 11.6 Å². The second-order valence-corrected chi connectivity index (χ2v) is 7.47. The van der Waals surface area contributed by atoms with Gasteiger partial charge in [0.05, 0.1) is 0 Å². The van der Waals surface area contributed by atoms with E-state index in [2.05, 4.69) is 31.3 Å². The average molecular weight is 292 g/mol. The summed E-state index contributed by atoms with van der Waals surface area (Å²) in [6.07, 6.45) is 6.82. The lowest BCUT2D eigenvalue weighted by Crippen LogP contribution is -2.41. The van der Waals surface area contributed by atoms with Gasteiger partial charge in [0, 0.05) is 17.1 Å². The van der Waals surface area contributed by atoms with E-state index in [1.54, 1.807) is 0 Å². The van der Waals surface area contributed by atoms with Crippen molar-refractivity contribution in [2.45, 2.75) is 58.0 Å². The second-order valence-electron chi connectivity index (χ2n) is 7.04. The predicted octanol–water partition coefficient (Wildman–Crippen LogP) is 5.21. The van der Waals surface area contributed by atoms with Crippen molar-refractivity contribution in [3.8, 4) is 0 Å². The Morgan fingerprint density at radius 3 is 2.35 bits per heavy atom. The zero-order valence-electron chi connectivity index (χ0n) is 12.6. The van der Waals surface area contributed by atoms with Crippen LogP contribution in [0.4, 0.5) is 0 Å². The molecule has 4 atom stereocenters. The number of nitrogens with one attached hydrogen (secondary N) is 1. The molecule has 2 fully saturated rings. The minimum absolute atomic E-state index is 0.535. The molecule has 2 saturated carbocycles. The van der Waals surface area contributed by atoms with Crippen molar-refractivity contribution in [3.63, 3.8) is 0 Å². The zero-order valence-corrected chi connectivity index (χ0v) is 13.4. The Balaban J connectivity index is 1.70. The first kappa shape index (κ1) is 14.4. The molecule has 0 aromatic heterocycles. The molecule has 1 N–H and O–H groups in total. The van der Waals surface area contributed by atoms with Gasteiger partial charge >= 0.3 is 0 Å². The van der Waals surface area contributed by atoms with Crippen LogP contribution in [0.15, 0.2) is 24.3 Å². The van der Waals surface area contributed by atoms with Crippen LogP contribution in [-0.2, 0) is 0 Å². The largest absolute Gasteiger partial charge is 0.307 e. The van der Waals surface area contributed by atoms with E-state index < -0.39 is 0 Å². The second kappa shape index (κ2) is 6.07. The maximum atomic E-state index is 6.02. The molecule has 2 aliphatic rings. The summed E-state index contributed by atoms with van der Waals surface area (Å²) >= 11 is 6.02. The molecule has 2 heteroatoms. The summed E-state index contributed by atoms with van der Waals surface area (Å²) in [4.78, 5) is 0. The van der Waals surface area contributed by atoms with Crippen molar-refractivity contribution in [2.75, 3.05) is 0 Å². The molecular weight excluding hydrogens is 266 g/mol. The number of hydrogen-bond donors (Lipinski definition) is 1. The Morgan fingerprint density at radius 2 is 1.75 bits per heavy atom. The molecule has 110 valence electrons. The minimum atomic E-state index is 0.535. The Morgan fingerprint density at radius 1 is 1.05 bits per heavy atom. The van der Waals surface area contributed by atoms with Gasteiger partial charge in [-0.15, -0.1) is 0 Å². The summed E-state index contributed by atoms with van der Waals surface area (Å²) in [6.45, 7) is 4.81. The van der Waals surface area contributed by atoms with Crippen LogP contribution in [-0.4, -0.2) is 6.04 Å². The molecule has 3 rings (SSSR count). The van der Waals surface area contributed by atoms with Crippen LogP contribution in [0.2, 0.25) is 5.02 Å². The average Bonchev–Trinajstić information content (AvgIpc) is 3.24. The highest BCUT2D eigenvalue weighted by molar-refractivity contribution is 6.30. The van der Waals surface area contributed by atoms with E-state index in [-0.39, 0.29) is 0 Å². The van der Waals surface area contributed by atoms with E-state index in [9.17, 15) is 0 Å². The first-order valence-electron chi connectivity index (χ1n) is 8.15. The summed E-state index contributed by atoms with van der Waals surface area (Å²) in [5, 5.41) is 4.82. The number of benzene rings is 1. The summed E-state index contributed by atoms with van der Waals surface area (Å²) in [6, 6.07) is 9.68. The highest BCUT2D eigenvalue weighted by Gasteiger charge is 2.35. The monoisotopic (exact) mass is 291 g/mol. The fourth-order valence-corrected chi connectivity index (χ4v) is 3.87. The van der Waals surface area contributed by atoms with E-state index in [1.807, 2.05) is 12.1 Å². The highest BCUT2D eigenvalue weighted by Crippen LogP contribution is 2.42.